The van der Waals surface area contributed by atoms with Gasteiger partial charge in [0.25, 0.3) is 0 Å². The average molecular weight is 360 g/mol. The van der Waals surface area contributed by atoms with Crippen LogP contribution in [-0.4, -0.2) is 8.42 Å². The van der Waals surface area contributed by atoms with Crippen LogP contribution in [0.25, 0.3) is 0 Å². The van der Waals surface area contributed by atoms with E-state index in [1.807, 2.05) is 0 Å². The lowest BCUT2D eigenvalue weighted by Crippen LogP contribution is -2.11. The molecule has 0 saturated heterocycles. The highest BCUT2D eigenvalue weighted by Crippen LogP contribution is 2.19. The fourth-order valence-electron chi connectivity index (χ4n) is 1.53. The van der Waals surface area contributed by atoms with Gasteiger partial charge in [-0.3, -0.25) is 0 Å². The van der Waals surface area contributed by atoms with Gasteiger partial charge in [-0.25, -0.2) is 17.9 Å². The molecule has 4 nitrogen and oxygen atoms in total. The Kier molecular flexibility index (Phi) is 4.42. The molecule has 0 aromatic heterocycles. The van der Waals surface area contributed by atoms with Gasteiger partial charge in [-0.15, -0.1) is 0 Å². The maximum atomic E-state index is 13.6. The van der Waals surface area contributed by atoms with E-state index in [2.05, 4.69) is 15.9 Å². The first-order valence-electron chi connectivity index (χ1n) is 5.56. The number of benzene rings is 2. The van der Waals surface area contributed by atoms with E-state index in [1.165, 1.54) is 30.3 Å². The van der Waals surface area contributed by atoms with Crippen LogP contribution in [0.2, 0.25) is 0 Å². The van der Waals surface area contributed by atoms with Crippen molar-refractivity contribution in [3.8, 4) is 5.75 Å². The van der Waals surface area contributed by atoms with Crippen molar-refractivity contribution >= 4 is 26.0 Å². The lowest BCUT2D eigenvalue weighted by molar-refractivity contribution is 0.299. The summed E-state index contributed by atoms with van der Waals surface area (Å²) in [4.78, 5) is -0.000303. The standard InChI is InChI=1S/C13H11BrFNO3S/c14-10-2-1-9(13(15)7-10)8-19-11-3-5-12(6-4-11)20(16,17)18/h1-7H,8H2,(H2,16,17,18). The van der Waals surface area contributed by atoms with E-state index < -0.39 is 10.0 Å². The number of hydrogen-bond donors (Lipinski definition) is 1. The summed E-state index contributed by atoms with van der Waals surface area (Å²) in [7, 11) is -3.72. The van der Waals surface area contributed by atoms with Crippen molar-refractivity contribution in [3.05, 3.63) is 58.3 Å². The van der Waals surface area contributed by atoms with E-state index in [0.29, 0.717) is 15.8 Å². The maximum Gasteiger partial charge on any atom is 0.238 e. The monoisotopic (exact) mass is 359 g/mol. The largest absolute Gasteiger partial charge is 0.489 e. The predicted molar refractivity (Wildman–Crippen MR) is 76.2 cm³/mol. The number of rotatable bonds is 4. The van der Waals surface area contributed by atoms with Gasteiger partial charge < -0.3 is 4.74 Å². The molecular weight excluding hydrogens is 349 g/mol. The zero-order valence-corrected chi connectivity index (χ0v) is 12.6. The van der Waals surface area contributed by atoms with Crippen LogP contribution >= 0.6 is 15.9 Å². The van der Waals surface area contributed by atoms with Crippen LogP contribution < -0.4 is 9.88 Å². The maximum absolute atomic E-state index is 13.6. The summed E-state index contributed by atoms with van der Waals surface area (Å²) in [6.07, 6.45) is 0. The average Bonchev–Trinajstić information content (AvgIpc) is 2.37. The lowest BCUT2D eigenvalue weighted by Gasteiger charge is -2.08. The highest BCUT2D eigenvalue weighted by molar-refractivity contribution is 9.10. The summed E-state index contributed by atoms with van der Waals surface area (Å²) in [5, 5.41) is 4.98. The normalized spacial score (nSPS) is 11.3. The van der Waals surface area contributed by atoms with Crippen LogP contribution in [0, 0.1) is 5.82 Å². The third-order valence-electron chi connectivity index (χ3n) is 2.56. The van der Waals surface area contributed by atoms with Gasteiger partial charge in [0.2, 0.25) is 10.0 Å². The Morgan fingerprint density at radius 3 is 2.35 bits per heavy atom. The summed E-state index contributed by atoms with van der Waals surface area (Å²) >= 11 is 3.17. The minimum absolute atomic E-state index is 0.000303. The first kappa shape index (κ1) is 15.0. The third-order valence-corrected chi connectivity index (χ3v) is 3.98. The molecule has 0 unspecified atom stereocenters. The molecule has 0 radical (unpaired) electrons. The fraction of sp³-hybridized carbons (Fsp3) is 0.0769. The number of ether oxygens (including phenoxy) is 1. The van der Waals surface area contributed by atoms with Gasteiger partial charge in [-0.1, -0.05) is 22.0 Å². The van der Waals surface area contributed by atoms with Crippen molar-refractivity contribution < 1.29 is 17.5 Å². The van der Waals surface area contributed by atoms with Crippen LogP contribution in [0.15, 0.2) is 51.8 Å². The highest BCUT2D eigenvalue weighted by Gasteiger charge is 2.08. The Morgan fingerprint density at radius 2 is 1.80 bits per heavy atom. The van der Waals surface area contributed by atoms with Crippen molar-refractivity contribution in [2.24, 2.45) is 5.14 Å². The Bertz CT molecular complexity index is 717. The lowest BCUT2D eigenvalue weighted by atomic mass is 10.2. The van der Waals surface area contributed by atoms with Gasteiger partial charge >= 0.3 is 0 Å². The van der Waals surface area contributed by atoms with Crippen LogP contribution in [0.1, 0.15) is 5.56 Å². The first-order chi connectivity index (χ1) is 9.36. The second kappa shape index (κ2) is 5.90. The van der Waals surface area contributed by atoms with Gasteiger partial charge in [0, 0.05) is 10.0 Å². The Labute approximate surface area is 124 Å². The molecule has 7 heteroatoms. The summed E-state index contributed by atoms with van der Waals surface area (Å²) in [5.41, 5.74) is 0.406. The molecule has 0 aliphatic rings. The number of hydrogen-bond acceptors (Lipinski definition) is 3. The summed E-state index contributed by atoms with van der Waals surface area (Å²) in [6.45, 7) is 0.0494. The van der Waals surface area contributed by atoms with E-state index >= 15 is 0 Å². The summed E-state index contributed by atoms with van der Waals surface area (Å²) < 4.78 is 41.8. The molecule has 106 valence electrons. The molecular formula is C13H11BrFNO3S. The second-order valence-electron chi connectivity index (χ2n) is 4.04. The quantitative estimate of drug-likeness (QED) is 0.912. The fourth-order valence-corrected chi connectivity index (χ4v) is 2.37. The molecule has 0 amide bonds. The third kappa shape index (κ3) is 3.78. The second-order valence-corrected chi connectivity index (χ2v) is 6.52. The van der Waals surface area contributed by atoms with Crippen LogP contribution in [0.4, 0.5) is 4.39 Å². The molecule has 20 heavy (non-hydrogen) atoms. The van der Waals surface area contributed by atoms with Gasteiger partial charge in [0.15, 0.2) is 0 Å². The highest BCUT2D eigenvalue weighted by atomic mass is 79.9. The minimum atomic E-state index is -3.72. The van der Waals surface area contributed by atoms with Crippen molar-refractivity contribution in [3.63, 3.8) is 0 Å². The molecule has 0 aliphatic carbocycles. The smallest absolute Gasteiger partial charge is 0.238 e. The number of nitrogens with two attached hydrogens (primary N) is 1. The molecule has 0 atom stereocenters. The van der Waals surface area contributed by atoms with Crippen molar-refractivity contribution in [2.75, 3.05) is 0 Å². The minimum Gasteiger partial charge on any atom is -0.489 e. The molecule has 0 fully saturated rings. The predicted octanol–water partition coefficient (Wildman–Crippen LogP) is 2.81. The molecule has 2 aromatic carbocycles. The topological polar surface area (TPSA) is 69.4 Å². The van der Waals surface area contributed by atoms with Crippen molar-refractivity contribution in [1.82, 2.24) is 0 Å². The van der Waals surface area contributed by atoms with Crippen LogP contribution in [0.5, 0.6) is 5.75 Å². The molecule has 2 aromatic rings. The van der Waals surface area contributed by atoms with Gasteiger partial charge in [0.05, 0.1) is 4.90 Å². The molecule has 0 saturated carbocycles. The zero-order chi connectivity index (χ0) is 14.8. The van der Waals surface area contributed by atoms with Gasteiger partial charge in [-0.2, -0.15) is 0 Å². The molecule has 0 aliphatic heterocycles. The Morgan fingerprint density at radius 1 is 1.15 bits per heavy atom. The molecule has 0 bridgehead atoms. The Balaban J connectivity index is 2.08. The molecule has 0 heterocycles. The number of sulfonamides is 1. The SMILES string of the molecule is NS(=O)(=O)c1ccc(OCc2ccc(Br)cc2F)cc1. The first-order valence-corrected chi connectivity index (χ1v) is 7.90. The zero-order valence-electron chi connectivity index (χ0n) is 10.2. The van der Waals surface area contributed by atoms with Gasteiger partial charge in [-0.05, 0) is 36.4 Å². The number of primary sulfonamides is 1. The number of halogens is 2. The van der Waals surface area contributed by atoms with E-state index in [4.69, 9.17) is 9.88 Å². The van der Waals surface area contributed by atoms with E-state index in [-0.39, 0.29) is 17.3 Å². The van der Waals surface area contributed by atoms with Crippen molar-refractivity contribution in [2.45, 2.75) is 11.5 Å². The van der Waals surface area contributed by atoms with Crippen LogP contribution in [-0.2, 0) is 16.6 Å². The van der Waals surface area contributed by atoms with Gasteiger partial charge in [0.1, 0.15) is 18.2 Å². The molecule has 0 spiro atoms. The summed E-state index contributed by atoms with van der Waals surface area (Å²) in [6, 6.07) is 10.3. The Hall–Kier alpha value is -1.44. The molecule has 2 N–H and O–H groups in total. The van der Waals surface area contributed by atoms with E-state index in [0.717, 1.165) is 0 Å². The summed E-state index contributed by atoms with van der Waals surface area (Å²) in [5.74, 6) is 0.0558. The molecule has 2 rings (SSSR count). The van der Waals surface area contributed by atoms with Crippen LogP contribution in [0.3, 0.4) is 0 Å². The van der Waals surface area contributed by atoms with Crippen molar-refractivity contribution in [1.29, 1.82) is 0 Å². The van der Waals surface area contributed by atoms with E-state index in [1.54, 1.807) is 12.1 Å². The van der Waals surface area contributed by atoms with E-state index in [9.17, 15) is 12.8 Å².